The van der Waals surface area contributed by atoms with Crippen molar-refractivity contribution in [2.45, 2.75) is 6.92 Å². The van der Waals surface area contributed by atoms with Gasteiger partial charge in [0.15, 0.2) is 0 Å². The molecule has 0 aliphatic rings. The maximum absolute atomic E-state index is 12.3. The number of nitrogens with zero attached hydrogens (tertiary/aromatic N) is 1. The summed E-state index contributed by atoms with van der Waals surface area (Å²) < 4.78 is 0. The van der Waals surface area contributed by atoms with Crippen molar-refractivity contribution < 1.29 is 9.63 Å². The monoisotopic (exact) mass is 255 g/mol. The van der Waals surface area contributed by atoms with E-state index in [-0.39, 0.29) is 5.91 Å². The first kappa shape index (κ1) is 13.3. The molecule has 0 saturated heterocycles. The second kappa shape index (κ2) is 5.67. The van der Waals surface area contributed by atoms with Gasteiger partial charge in [-0.05, 0) is 24.1 Å². The molecule has 0 spiro atoms. The maximum Gasteiger partial charge on any atom is 0.277 e. The maximum atomic E-state index is 12.3. The molecule has 0 saturated carbocycles. The van der Waals surface area contributed by atoms with Crippen LogP contribution < -0.4 is 0 Å². The fourth-order valence-electron chi connectivity index (χ4n) is 1.95. The highest BCUT2D eigenvalue weighted by Gasteiger charge is 2.16. The van der Waals surface area contributed by atoms with E-state index >= 15 is 0 Å². The van der Waals surface area contributed by atoms with E-state index in [1.165, 1.54) is 12.2 Å². The van der Waals surface area contributed by atoms with Crippen molar-refractivity contribution in [1.29, 1.82) is 0 Å². The van der Waals surface area contributed by atoms with Crippen molar-refractivity contribution >= 4 is 5.91 Å². The van der Waals surface area contributed by atoms with Gasteiger partial charge in [-0.1, -0.05) is 48.0 Å². The summed E-state index contributed by atoms with van der Waals surface area (Å²) in [5.41, 5.74) is 3.71. The zero-order chi connectivity index (χ0) is 13.8. The van der Waals surface area contributed by atoms with E-state index < -0.39 is 0 Å². The SMILES string of the molecule is CON(C)C(=O)c1ccc(C)cc1-c1ccccc1. The van der Waals surface area contributed by atoms with Crippen LogP contribution >= 0.6 is 0 Å². The van der Waals surface area contributed by atoms with Gasteiger partial charge in [0.25, 0.3) is 5.91 Å². The molecule has 0 N–H and O–H groups in total. The number of hydrogen-bond donors (Lipinski definition) is 0. The predicted molar refractivity (Wildman–Crippen MR) is 75.7 cm³/mol. The van der Waals surface area contributed by atoms with Crippen LogP contribution in [-0.4, -0.2) is 25.1 Å². The molecule has 0 radical (unpaired) electrons. The highest BCUT2D eigenvalue weighted by atomic mass is 16.7. The summed E-state index contributed by atoms with van der Waals surface area (Å²) in [6.07, 6.45) is 0. The Morgan fingerprint density at radius 1 is 1.11 bits per heavy atom. The topological polar surface area (TPSA) is 29.5 Å². The molecule has 98 valence electrons. The van der Waals surface area contributed by atoms with Crippen LogP contribution in [0.3, 0.4) is 0 Å². The summed E-state index contributed by atoms with van der Waals surface area (Å²) >= 11 is 0. The smallest absolute Gasteiger partial charge is 0.274 e. The molecule has 0 aliphatic heterocycles. The highest BCUT2D eigenvalue weighted by Crippen LogP contribution is 2.25. The van der Waals surface area contributed by atoms with E-state index in [0.717, 1.165) is 16.7 Å². The Kier molecular flexibility index (Phi) is 3.97. The molecule has 0 atom stereocenters. The molecular formula is C16H17NO2. The van der Waals surface area contributed by atoms with Crippen molar-refractivity contribution in [1.82, 2.24) is 5.06 Å². The Labute approximate surface area is 113 Å². The molecule has 2 rings (SSSR count). The summed E-state index contributed by atoms with van der Waals surface area (Å²) in [5.74, 6) is -0.152. The standard InChI is InChI=1S/C16H17NO2/c1-12-9-10-14(16(18)17(2)19-3)15(11-12)13-7-5-4-6-8-13/h4-11H,1-3H3. The number of amides is 1. The van der Waals surface area contributed by atoms with Gasteiger partial charge in [-0.25, -0.2) is 5.06 Å². The van der Waals surface area contributed by atoms with E-state index in [4.69, 9.17) is 4.84 Å². The average molecular weight is 255 g/mol. The summed E-state index contributed by atoms with van der Waals surface area (Å²) in [5, 5.41) is 1.23. The van der Waals surface area contributed by atoms with Crippen LogP contribution in [0.1, 0.15) is 15.9 Å². The summed E-state index contributed by atoms with van der Waals surface area (Å²) in [6.45, 7) is 2.01. The fraction of sp³-hybridized carbons (Fsp3) is 0.188. The van der Waals surface area contributed by atoms with Crippen LogP contribution in [-0.2, 0) is 4.84 Å². The van der Waals surface area contributed by atoms with Gasteiger partial charge in [-0.15, -0.1) is 0 Å². The third kappa shape index (κ3) is 2.83. The number of aryl methyl sites for hydroxylation is 1. The lowest BCUT2D eigenvalue weighted by molar-refractivity contribution is -0.0756. The van der Waals surface area contributed by atoms with Gasteiger partial charge in [0, 0.05) is 12.6 Å². The lowest BCUT2D eigenvalue weighted by atomic mass is 9.97. The van der Waals surface area contributed by atoms with E-state index in [1.807, 2.05) is 55.5 Å². The fourth-order valence-corrected chi connectivity index (χ4v) is 1.95. The zero-order valence-corrected chi connectivity index (χ0v) is 11.4. The summed E-state index contributed by atoms with van der Waals surface area (Å²) in [4.78, 5) is 17.3. The minimum Gasteiger partial charge on any atom is -0.274 e. The van der Waals surface area contributed by atoms with Gasteiger partial charge in [0.05, 0.1) is 7.11 Å². The normalized spacial score (nSPS) is 10.3. The van der Waals surface area contributed by atoms with E-state index in [9.17, 15) is 4.79 Å². The van der Waals surface area contributed by atoms with Gasteiger partial charge in [-0.3, -0.25) is 9.63 Å². The van der Waals surface area contributed by atoms with Crippen molar-refractivity contribution in [3.63, 3.8) is 0 Å². The van der Waals surface area contributed by atoms with E-state index in [0.29, 0.717) is 5.56 Å². The number of rotatable bonds is 3. The molecule has 3 heteroatoms. The summed E-state index contributed by atoms with van der Waals surface area (Å²) in [6, 6.07) is 15.7. The van der Waals surface area contributed by atoms with Gasteiger partial charge in [0.2, 0.25) is 0 Å². The zero-order valence-electron chi connectivity index (χ0n) is 11.4. The van der Waals surface area contributed by atoms with Crippen LogP contribution in [0.25, 0.3) is 11.1 Å². The van der Waals surface area contributed by atoms with E-state index in [1.54, 1.807) is 7.05 Å². The number of carbonyl (C=O) groups excluding carboxylic acids is 1. The molecule has 3 nitrogen and oxygen atoms in total. The van der Waals surface area contributed by atoms with Gasteiger partial charge >= 0.3 is 0 Å². The number of hydroxylamine groups is 2. The van der Waals surface area contributed by atoms with E-state index in [2.05, 4.69) is 0 Å². The Morgan fingerprint density at radius 2 is 1.79 bits per heavy atom. The molecule has 19 heavy (non-hydrogen) atoms. The van der Waals surface area contributed by atoms with Crippen LogP contribution in [0.15, 0.2) is 48.5 Å². The van der Waals surface area contributed by atoms with Crippen LogP contribution in [0.2, 0.25) is 0 Å². The molecule has 0 aliphatic carbocycles. The van der Waals surface area contributed by atoms with Gasteiger partial charge in [-0.2, -0.15) is 0 Å². The molecule has 2 aromatic carbocycles. The van der Waals surface area contributed by atoms with Crippen molar-refractivity contribution in [3.8, 4) is 11.1 Å². The third-order valence-electron chi connectivity index (χ3n) is 3.05. The second-order valence-electron chi connectivity index (χ2n) is 4.40. The third-order valence-corrected chi connectivity index (χ3v) is 3.05. The Hall–Kier alpha value is -2.13. The Morgan fingerprint density at radius 3 is 2.42 bits per heavy atom. The molecule has 0 unspecified atom stereocenters. The first-order valence-corrected chi connectivity index (χ1v) is 6.11. The molecule has 2 aromatic rings. The lowest BCUT2D eigenvalue weighted by Gasteiger charge is -2.16. The highest BCUT2D eigenvalue weighted by molar-refractivity contribution is 6.00. The molecule has 0 heterocycles. The second-order valence-corrected chi connectivity index (χ2v) is 4.40. The Balaban J connectivity index is 2.54. The van der Waals surface area contributed by atoms with Crippen LogP contribution in [0.5, 0.6) is 0 Å². The molecular weight excluding hydrogens is 238 g/mol. The summed E-state index contributed by atoms with van der Waals surface area (Å²) in [7, 11) is 3.09. The quantitative estimate of drug-likeness (QED) is 0.788. The predicted octanol–water partition coefficient (Wildman–Crippen LogP) is 3.30. The molecule has 0 bridgehead atoms. The van der Waals surface area contributed by atoms with Crippen molar-refractivity contribution in [2.24, 2.45) is 0 Å². The lowest BCUT2D eigenvalue weighted by Crippen LogP contribution is -2.25. The van der Waals surface area contributed by atoms with Crippen molar-refractivity contribution in [3.05, 3.63) is 59.7 Å². The van der Waals surface area contributed by atoms with Gasteiger partial charge in [0.1, 0.15) is 0 Å². The van der Waals surface area contributed by atoms with Crippen molar-refractivity contribution in [2.75, 3.05) is 14.2 Å². The average Bonchev–Trinajstić information content (AvgIpc) is 2.46. The number of hydrogen-bond acceptors (Lipinski definition) is 2. The largest absolute Gasteiger partial charge is 0.277 e. The molecule has 0 aromatic heterocycles. The molecule has 1 amide bonds. The minimum atomic E-state index is -0.152. The number of carbonyl (C=O) groups is 1. The Bertz CT molecular complexity index is 579. The first-order valence-electron chi connectivity index (χ1n) is 6.11. The first-order chi connectivity index (χ1) is 9.13. The molecule has 0 fully saturated rings. The van der Waals surface area contributed by atoms with Gasteiger partial charge < -0.3 is 0 Å². The number of benzene rings is 2. The minimum absolute atomic E-state index is 0.152. The van der Waals surface area contributed by atoms with Crippen LogP contribution in [0.4, 0.5) is 0 Å². The van der Waals surface area contributed by atoms with Crippen LogP contribution in [0, 0.1) is 6.92 Å².